The van der Waals surface area contributed by atoms with Gasteiger partial charge in [0.05, 0.1) is 4.90 Å². The summed E-state index contributed by atoms with van der Waals surface area (Å²) in [6, 6.07) is 5.70. The minimum atomic E-state index is -4.58. The number of nitrogens with zero attached hydrogens (tertiary/aromatic N) is 1. The quantitative estimate of drug-likeness (QED) is 0.826. The lowest BCUT2D eigenvalue weighted by Crippen LogP contribution is -2.42. The van der Waals surface area contributed by atoms with Crippen LogP contribution in [0.25, 0.3) is 0 Å². The van der Waals surface area contributed by atoms with Crippen molar-refractivity contribution in [2.24, 2.45) is 5.92 Å². The van der Waals surface area contributed by atoms with Gasteiger partial charge in [-0.25, -0.2) is 13.2 Å². The molecule has 0 radical (unpaired) electrons. The van der Waals surface area contributed by atoms with Gasteiger partial charge in [-0.15, -0.1) is 0 Å². The number of halogens is 3. The van der Waals surface area contributed by atoms with Crippen molar-refractivity contribution in [3.05, 3.63) is 24.3 Å². The fraction of sp³-hybridized carbons (Fsp3) is 0.500. The van der Waals surface area contributed by atoms with E-state index in [1.807, 2.05) is 0 Å². The lowest BCUT2D eigenvalue weighted by molar-refractivity contribution is -0.162. The first kappa shape index (κ1) is 21.0. The van der Waals surface area contributed by atoms with Crippen LogP contribution in [0.3, 0.4) is 0 Å². The highest BCUT2D eigenvalue weighted by Crippen LogP contribution is 2.22. The molecule has 0 spiro atoms. The number of sulfone groups is 1. The standard InChI is InChI=1S/C16H19F3N2O5S/c1-27(24,25)13-4-2-12(3-5-13)20-14(22)11-6-8-21(9-7-11)15(23)26-10-16(17,18)19/h2-5,11H,6-10H2,1H3,(H,20,22). The number of rotatable bonds is 4. The summed E-state index contributed by atoms with van der Waals surface area (Å²) in [5, 5.41) is 2.66. The van der Waals surface area contributed by atoms with Gasteiger partial charge in [0, 0.05) is 31.0 Å². The van der Waals surface area contributed by atoms with Gasteiger partial charge in [0.15, 0.2) is 16.4 Å². The number of alkyl halides is 3. The first-order chi connectivity index (χ1) is 12.5. The SMILES string of the molecule is CS(=O)(=O)c1ccc(NC(=O)C2CCN(C(=O)OCC(F)(F)F)CC2)cc1. The summed E-state index contributed by atoms with van der Waals surface area (Å²) in [7, 11) is -3.33. The van der Waals surface area contributed by atoms with Gasteiger partial charge >= 0.3 is 12.3 Å². The summed E-state index contributed by atoms with van der Waals surface area (Å²) < 4.78 is 63.2. The number of amides is 2. The van der Waals surface area contributed by atoms with Crippen LogP contribution in [0, 0.1) is 5.92 Å². The Hall–Kier alpha value is -2.30. The van der Waals surface area contributed by atoms with Crippen LogP contribution in [0.15, 0.2) is 29.2 Å². The Morgan fingerprint density at radius 3 is 2.22 bits per heavy atom. The van der Waals surface area contributed by atoms with Crippen molar-refractivity contribution in [3.8, 4) is 0 Å². The molecule has 2 rings (SSSR count). The average molecular weight is 408 g/mol. The van der Waals surface area contributed by atoms with Gasteiger partial charge in [-0.2, -0.15) is 13.2 Å². The molecule has 1 N–H and O–H groups in total. The Bertz CT molecular complexity index is 785. The van der Waals surface area contributed by atoms with Crippen LogP contribution in [-0.2, 0) is 19.4 Å². The molecule has 0 unspecified atom stereocenters. The zero-order chi connectivity index (χ0) is 20.2. The molecule has 150 valence electrons. The number of hydrogen-bond donors (Lipinski definition) is 1. The summed E-state index contributed by atoms with van der Waals surface area (Å²) in [4.78, 5) is 25.1. The molecule has 0 bridgehead atoms. The summed E-state index contributed by atoms with van der Waals surface area (Å²) in [6.07, 6.45) is -3.99. The Kier molecular flexibility index (Phi) is 6.34. The van der Waals surface area contributed by atoms with Gasteiger partial charge < -0.3 is 15.0 Å². The highest BCUT2D eigenvalue weighted by molar-refractivity contribution is 7.90. The highest BCUT2D eigenvalue weighted by Gasteiger charge is 2.33. The molecule has 1 aliphatic heterocycles. The summed E-state index contributed by atoms with van der Waals surface area (Å²) in [5.74, 6) is -0.711. The number of ether oxygens (including phenoxy) is 1. The largest absolute Gasteiger partial charge is 0.440 e. The van der Waals surface area contributed by atoms with E-state index in [4.69, 9.17) is 0 Å². The monoisotopic (exact) mass is 408 g/mol. The number of piperidine rings is 1. The predicted molar refractivity (Wildman–Crippen MR) is 89.9 cm³/mol. The van der Waals surface area contributed by atoms with E-state index in [2.05, 4.69) is 10.1 Å². The average Bonchev–Trinajstić information content (AvgIpc) is 2.59. The van der Waals surface area contributed by atoms with Gasteiger partial charge in [-0.1, -0.05) is 0 Å². The molecule has 1 saturated heterocycles. The molecule has 1 aromatic rings. The Morgan fingerprint density at radius 2 is 1.74 bits per heavy atom. The molecule has 7 nitrogen and oxygen atoms in total. The number of nitrogens with one attached hydrogen (secondary N) is 1. The second-order valence-electron chi connectivity index (χ2n) is 6.22. The van der Waals surface area contributed by atoms with Crippen molar-refractivity contribution < 1.29 is 35.9 Å². The van der Waals surface area contributed by atoms with E-state index in [1.165, 1.54) is 24.3 Å². The molecule has 1 fully saturated rings. The fourth-order valence-corrected chi connectivity index (χ4v) is 3.22. The maximum Gasteiger partial charge on any atom is 0.422 e. The number of anilines is 1. The van der Waals surface area contributed by atoms with Crippen LogP contribution in [0.5, 0.6) is 0 Å². The smallest absolute Gasteiger partial charge is 0.422 e. The summed E-state index contributed by atoms with van der Waals surface area (Å²) in [6.45, 7) is -1.42. The Morgan fingerprint density at radius 1 is 1.19 bits per heavy atom. The van der Waals surface area contributed by atoms with Crippen molar-refractivity contribution in [2.45, 2.75) is 23.9 Å². The van der Waals surface area contributed by atoms with E-state index in [-0.39, 0.29) is 36.7 Å². The van der Waals surface area contributed by atoms with E-state index < -0.39 is 34.6 Å². The van der Waals surface area contributed by atoms with E-state index >= 15 is 0 Å². The maximum absolute atomic E-state index is 12.3. The van der Waals surface area contributed by atoms with Gasteiger partial charge in [-0.05, 0) is 37.1 Å². The van der Waals surface area contributed by atoms with Gasteiger partial charge in [0.25, 0.3) is 0 Å². The third kappa shape index (κ3) is 6.42. The molecular formula is C16H19F3N2O5S. The second-order valence-corrected chi connectivity index (χ2v) is 8.23. The molecule has 0 aromatic heterocycles. The first-order valence-electron chi connectivity index (χ1n) is 8.05. The highest BCUT2D eigenvalue weighted by atomic mass is 32.2. The number of hydrogen-bond acceptors (Lipinski definition) is 5. The van der Waals surface area contributed by atoms with Crippen LogP contribution in [0.4, 0.5) is 23.7 Å². The van der Waals surface area contributed by atoms with Crippen LogP contribution < -0.4 is 5.32 Å². The van der Waals surface area contributed by atoms with Crippen LogP contribution in [0.1, 0.15) is 12.8 Å². The number of benzene rings is 1. The summed E-state index contributed by atoms with van der Waals surface area (Å²) in [5.41, 5.74) is 0.430. The third-order valence-corrected chi connectivity index (χ3v) is 5.16. The predicted octanol–water partition coefficient (Wildman–Crippen LogP) is 2.44. The topological polar surface area (TPSA) is 92.8 Å². The molecule has 0 saturated carbocycles. The van der Waals surface area contributed by atoms with Gasteiger partial charge in [0.2, 0.25) is 5.91 Å². The van der Waals surface area contributed by atoms with Crippen molar-refractivity contribution in [1.82, 2.24) is 4.90 Å². The molecule has 1 aromatic carbocycles. The minimum Gasteiger partial charge on any atom is -0.440 e. The van der Waals surface area contributed by atoms with Crippen molar-refractivity contribution in [1.29, 1.82) is 0 Å². The number of carbonyl (C=O) groups is 2. The van der Waals surface area contributed by atoms with Crippen LogP contribution in [-0.4, -0.2) is 57.4 Å². The van der Waals surface area contributed by atoms with E-state index in [9.17, 15) is 31.2 Å². The van der Waals surface area contributed by atoms with Crippen molar-refractivity contribution in [3.63, 3.8) is 0 Å². The van der Waals surface area contributed by atoms with Gasteiger partial charge in [0.1, 0.15) is 0 Å². The van der Waals surface area contributed by atoms with Crippen LogP contribution >= 0.6 is 0 Å². The molecule has 27 heavy (non-hydrogen) atoms. The lowest BCUT2D eigenvalue weighted by Gasteiger charge is -2.30. The molecule has 0 atom stereocenters. The first-order valence-corrected chi connectivity index (χ1v) is 9.94. The van der Waals surface area contributed by atoms with Crippen LogP contribution in [0.2, 0.25) is 0 Å². The normalized spacial score (nSPS) is 16.1. The second kappa shape index (κ2) is 8.15. The molecule has 0 aliphatic carbocycles. The minimum absolute atomic E-state index is 0.113. The molecule has 1 heterocycles. The molecule has 2 amide bonds. The van der Waals surface area contributed by atoms with Crippen molar-refractivity contribution >= 4 is 27.5 Å². The maximum atomic E-state index is 12.3. The zero-order valence-electron chi connectivity index (χ0n) is 14.5. The zero-order valence-corrected chi connectivity index (χ0v) is 15.3. The summed E-state index contributed by atoms with van der Waals surface area (Å²) >= 11 is 0. The third-order valence-electron chi connectivity index (χ3n) is 4.03. The fourth-order valence-electron chi connectivity index (χ4n) is 2.59. The Balaban J connectivity index is 1.83. The molecular weight excluding hydrogens is 389 g/mol. The van der Waals surface area contributed by atoms with E-state index in [0.29, 0.717) is 5.69 Å². The molecule has 1 aliphatic rings. The Labute approximate surface area is 154 Å². The van der Waals surface area contributed by atoms with E-state index in [1.54, 1.807) is 0 Å². The number of carbonyl (C=O) groups excluding carboxylic acids is 2. The van der Waals surface area contributed by atoms with E-state index in [0.717, 1.165) is 11.2 Å². The van der Waals surface area contributed by atoms with Crippen molar-refractivity contribution in [2.75, 3.05) is 31.3 Å². The lowest BCUT2D eigenvalue weighted by atomic mass is 9.96. The van der Waals surface area contributed by atoms with Gasteiger partial charge in [-0.3, -0.25) is 4.79 Å². The molecule has 11 heteroatoms. The number of likely N-dealkylation sites (tertiary alicyclic amines) is 1.